The van der Waals surface area contributed by atoms with Crippen LogP contribution in [0.1, 0.15) is 102 Å². The number of aliphatic hydroxyl groups is 1. The van der Waals surface area contributed by atoms with Gasteiger partial charge in [-0.15, -0.1) is 0 Å². The van der Waals surface area contributed by atoms with Gasteiger partial charge in [-0.05, 0) is 31.2 Å². The first kappa shape index (κ1) is 22.2. The number of aromatic nitrogens is 1. The van der Waals surface area contributed by atoms with Gasteiger partial charge in [0.1, 0.15) is 6.54 Å². The lowest BCUT2D eigenvalue weighted by Gasteiger charge is -2.03. The standard InChI is InChI=1S/C23H42NO/c1-2-3-4-13-16-23-17-20-24(21-18-23)19-14-11-9-7-5-6-8-10-12-15-22-25/h17-18,20-21,25H,2-16,19,22H2,1H3/q+1. The summed E-state index contributed by atoms with van der Waals surface area (Å²) in [6.45, 7) is 3.80. The molecule has 0 saturated carbocycles. The summed E-state index contributed by atoms with van der Waals surface area (Å²) in [7, 11) is 0. The molecule has 0 aliphatic rings. The Labute approximate surface area is 156 Å². The number of nitrogens with zero attached hydrogens (tertiary/aromatic N) is 1. The molecular formula is C23H42NO+. The maximum absolute atomic E-state index is 8.74. The van der Waals surface area contributed by atoms with Crippen LogP contribution in [0.15, 0.2) is 24.5 Å². The quantitative estimate of drug-likeness (QED) is 0.271. The van der Waals surface area contributed by atoms with E-state index in [1.807, 2.05) is 0 Å². The maximum atomic E-state index is 8.74. The minimum atomic E-state index is 0.361. The number of unbranched alkanes of at least 4 members (excludes halogenated alkanes) is 12. The van der Waals surface area contributed by atoms with E-state index >= 15 is 0 Å². The van der Waals surface area contributed by atoms with Crippen molar-refractivity contribution in [1.29, 1.82) is 0 Å². The number of aryl methyl sites for hydroxylation is 2. The van der Waals surface area contributed by atoms with Crippen LogP contribution in [-0.4, -0.2) is 11.7 Å². The molecule has 1 rings (SSSR count). The van der Waals surface area contributed by atoms with Crippen LogP contribution in [0.3, 0.4) is 0 Å². The van der Waals surface area contributed by atoms with E-state index in [0.717, 1.165) is 13.0 Å². The van der Waals surface area contributed by atoms with Crippen LogP contribution >= 0.6 is 0 Å². The molecule has 1 heterocycles. The van der Waals surface area contributed by atoms with Crippen molar-refractivity contribution >= 4 is 0 Å². The number of aliphatic hydroxyl groups excluding tert-OH is 1. The molecule has 25 heavy (non-hydrogen) atoms. The first-order valence-corrected chi connectivity index (χ1v) is 11.0. The molecule has 144 valence electrons. The summed E-state index contributed by atoms with van der Waals surface area (Å²) in [5, 5.41) is 8.74. The molecule has 0 unspecified atom stereocenters. The summed E-state index contributed by atoms with van der Waals surface area (Å²) in [4.78, 5) is 0. The third-order valence-electron chi connectivity index (χ3n) is 5.10. The van der Waals surface area contributed by atoms with Crippen LogP contribution in [0.4, 0.5) is 0 Å². The Morgan fingerprint density at radius 3 is 1.76 bits per heavy atom. The normalized spacial score (nSPS) is 11.1. The molecule has 2 heteroatoms. The molecular weight excluding hydrogens is 306 g/mol. The summed E-state index contributed by atoms with van der Waals surface area (Å²) in [6.07, 6.45) is 24.2. The van der Waals surface area contributed by atoms with E-state index in [2.05, 4.69) is 36.0 Å². The zero-order chi connectivity index (χ0) is 18.0. The molecule has 1 N–H and O–H groups in total. The number of rotatable bonds is 17. The second-order valence-corrected chi connectivity index (χ2v) is 7.51. The SMILES string of the molecule is CCCCCCc1cc[n+](CCCCCCCCCCCCO)cc1. The highest BCUT2D eigenvalue weighted by Crippen LogP contribution is 2.10. The van der Waals surface area contributed by atoms with E-state index < -0.39 is 0 Å². The van der Waals surface area contributed by atoms with E-state index in [1.54, 1.807) is 0 Å². The lowest BCUT2D eigenvalue weighted by atomic mass is 10.1. The molecule has 0 radical (unpaired) electrons. The molecule has 1 aromatic rings. The fourth-order valence-electron chi connectivity index (χ4n) is 3.38. The van der Waals surface area contributed by atoms with E-state index in [0.29, 0.717) is 6.61 Å². The lowest BCUT2D eigenvalue weighted by Crippen LogP contribution is -2.32. The Morgan fingerprint density at radius 1 is 0.680 bits per heavy atom. The van der Waals surface area contributed by atoms with Gasteiger partial charge in [0.25, 0.3) is 0 Å². The Hall–Kier alpha value is -0.890. The molecule has 0 fully saturated rings. The fraction of sp³-hybridized carbons (Fsp3) is 0.783. The predicted molar refractivity (Wildman–Crippen MR) is 108 cm³/mol. The smallest absolute Gasteiger partial charge is 0.169 e. The van der Waals surface area contributed by atoms with Crippen LogP contribution in [0, 0.1) is 0 Å². The first-order valence-electron chi connectivity index (χ1n) is 11.0. The Bertz CT molecular complexity index is 388. The molecule has 0 atom stereocenters. The minimum absolute atomic E-state index is 0.361. The van der Waals surface area contributed by atoms with Gasteiger partial charge < -0.3 is 5.11 Å². The topological polar surface area (TPSA) is 24.1 Å². The van der Waals surface area contributed by atoms with Gasteiger partial charge >= 0.3 is 0 Å². The maximum Gasteiger partial charge on any atom is 0.169 e. The third kappa shape index (κ3) is 13.0. The zero-order valence-corrected chi connectivity index (χ0v) is 16.7. The van der Waals surface area contributed by atoms with Crippen molar-refractivity contribution in [2.45, 2.75) is 110 Å². The average Bonchev–Trinajstić information content (AvgIpc) is 2.64. The highest BCUT2D eigenvalue weighted by Gasteiger charge is 2.01. The van der Waals surface area contributed by atoms with E-state index in [9.17, 15) is 0 Å². The molecule has 0 aromatic carbocycles. The van der Waals surface area contributed by atoms with Gasteiger partial charge in [0.15, 0.2) is 12.4 Å². The third-order valence-corrected chi connectivity index (χ3v) is 5.10. The van der Waals surface area contributed by atoms with Gasteiger partial charge in [0.2, 0.25) is 0 Å². The molecule has 0 aliphatic heterocycles. The Kier molecular flexibility index (Phi) is 14.7. The number of pyridine rings is 1. The molecule has 0 aliphatic carbocycles. The van der Waals surface area contributed by atoms with Gasteiger partial charge in [0, 0.05) is 25.2 Å². The summed E-state index contributed by atoms with van der Waals surface area (Å²) in [5.74, 6) is 0. The summed E-state index contributed by atoms with van der Waals surface area (Å²) >= 11 is 0. The predicted octanol–water partition coefficient (Wildman–Crippen LogP) is 5.99. The van der Waals surface area contributed by atoms with Crippen molar-refractivity contribution in [3.63, 3.8) is 0 Å². The Balaban J connectivity index is 1.94. The van der Waals surface area contributed by atoms with Gasteiger partial charge in [-0.3, -0.25) is 0 Å². The van der Waals surface area contributed by atoms with Crippen LogP contribution in [0.5, 0.6) is 0 Å². The van der Waals surface area contributed by atoms with Crippen molar-refractivity contribution in [2.24, 2.45) is 0 Å². The molecule has 2 nitrogen and oxygen atoms in total. The van der Waals surface area contributed by atoms with Crippen molar-refractivity contribution in [1.82, 2.24) is 0 Å². The molecule has 0 spiro atoms. The minimum Gasteiger partial charge on any atom is -0.396 e. The van der Waals surface area contributed by atoms with E-state index in [4.69, 9.17) is 5.11 Å². The summed E-state index contributed by atoms with van der Waals surface area (Å²) in [5.41, 5.74) is 1.49. The lowest BCUT2D eigenvalue weighted by molar-refractivity contribution is -0.697. The van der Waals surface area contributed by atoms with Gasteiger partial charge in [-0.2, -0.15) is 0 Å². The fourth-order valence-corrected chi connectivity index (χ4v) is 3.38. The number of hydrogen-bond donors (Lipinski definition) is 1. The van der Waals surface area contributed by atoms with Gasteiger partial charge in [-0.25, -0.2) is 4.57 Å². The van der Waals surface area contributed by atoms with Crippen molar-refractivity contribution in [3.05, 3.63) is 30.1 Å². The van der Waals surface area contributed by atoms with Gasteiger partial charge in [0.05, 0.1) is 0 Å². The van der Waals surface area contributed by atoms with Crippen LogP contribution in [0.25, 0.3) is 0 Å². The van der Waals surface area contributed by atoms with Crippen molar-refractivity contribution in [3.8, 4) is 0 Å². The highest BCUT2D eigenvalue weighted by molar-refractivity contribution is 5.07. The zero-order valence-electron chi connectivity index (χ0n) is 16.7. The van der Waals surface area contributed by atoms with Crippen LogP contribution < -0.4 is 4.57 Å². The van der Waals surface area contributed by atoms with Crippen LogP contribution in [-0.2, 0) is 13.0 Å². The van der Waals surface area contributed by atoms with Crippen molar-refractivity contribution in [2.75, 3.05) is 6.61 Å². The monoisotopic (exact) mass is 348 g/mol. The van der Waals surface area contributed by atoms with E-state index in [-0.39, 0.29) is 0 Å². The van der Waals surface area contributed by atoms with Crippen molar-refractivity contribution < 1.29 is 9.67 Å². The number of hydrogen-bond acceptors (Lipinski definition) is 1. The molecule has 1 aromatic heterocycles. The first-order chi connectivity index (χ1) is 12.4. The largest absolute Gasteiger partial charge is 0.396 e. The summed E-state index contributed by atoms with van der Waals surface area (Å²) < 4.78 is 2.34. The molecule has 0 bridgehead atoms. The average molecular weight is 349 g/mol. The molecule has 0 amide bonds. The molecule has 0 saturated heterocycles. The summed E-state index contributed by atoms with van der Waals surface area (Å²) in [6, 6.07) is 4.62. The second-order valence-electron chi connectivity index (χ2n) is 7.51. The van der Waals surface area contributed by atoms with Crippen LogP contribution in [0.2, 0.25) is 0 Å². The van der Waals surface area contributed by atoms with Gasteiger partial charge in [-0.1, -0.05) is 71.1 Å². The Morgan fingerprint density at radius 2 is 1.20 bits per heavy atom. The second kappa shape index (κ2) is 16.6. The highest BCUT2D eigenvalue weighted by atomic mass is 16.2. The van der Waals surface area contributed by atoms with E-state index in [1.165, 1.54) is 95.5 Å².